The van der Waals surface area contributed by atoms with Crippen LogP contribution in [0.5, 0.6) is 5.75 Å². The second kappa shape index (κ2) is 4.42. The van der Waals surface area contributed by atoms with Crippen molar-refractivity contribution in [3.8, 4) is 5.75 Å². The zero-order chi connectivity index (χ0) is 14.2. The molecule has 0 saturated heterocycles. The molecule has 19 heavy (non-hydrogen) atoms. The highest BCUT2D eigenvalue weighted by Crippen LogP contribution is 2.31. The van der Waals surface area contributed by atoms with Gasteiger partial charge in [-0.1, -0.05) is 6.07 Å². The lowest BCUT2D eigenvalue weighted by Gasteiger charge is -2.13. The van der Waals surface area contributed by atoms with Gasteiger partial charge < -0.3 is 10.1 Å². The minimum absolute atomic E-state index is 0.0558. The lowest BCUT2D eigenvalue weighted by atomic mass is 10.1. The summed E-state index contributed by atoms with van der Waals surface area (Å²) in [6.45, 7) is 0. The molecule has 0 unspecified atom stereocenters. The first kappa shape index (κ1) is 13.1. The van der Waals surface area contributed by atoms with Crippen LogP contribution < -0.4 is 20.9 Å². The van der Waals surface area contributed by atoms with Crippen LogP contribution in [0.4, 0.5) is 24.5 Å². The summed E-state index contributed by atoms with van der Waals surface area (Å²) in [7, 11) is 1.20. The van der Waals surface area contributed by atoms with Gasteiger partial charge in [0.2, 0.25) is 0 Å². The monoisotopic (exact) mass is 271 g/mol. The third-order valence-corrected chi connectivity index (χ3v) is 2.53. The molecule has 7 heteroatoms. The van der Waals surface area contributed by atoms with Gasteiger partial charge in [0.25, 0.3) is 10.9 Å². The number of methoxy groups -OCH3 is 1. The fourth-order valence-electron chi connectivity index (χ4n) is 1.60. The Morgan fingerprint density at radius 3 is 2.42 bits per heavy atom. The number of ether oxygens (including phenoxy) is 1. The lowest BCUT2D eigenvalue weighted by molar-refractivity contribution is -0.137. The SMILES string of the molecule is COc1c(Nc2cccc(C(F)(F)F)c2)c(=O)c1=O. The first-order valence-electron chi connectivity index (χ1n) is 5.16. The molecule has 0 radical (unpaired) electrons. The van der Waals surface area contributed by atoms with Gasteiger partial charge in [-0.25, -0.2) is 0 Å². The smallest absolute Gasteiger partial charge is 0.416 e. The standard InChI is InChI=1S/C12H8F3NO3/c1-19-11-8(9(17)10(11)18)16-7-4-2-3-6(5-7)12(13,14)15/h2-5,16H,1H3. The zero-order valence-corrected chi connectivity index (χ0v) is 9.67. The molecule has 0 aliphatic rings. The fourth-order valence-corrected chi connectivity index (χ4v) is 1.60. The molecule has 0 heterocycles. The molecule has 0 aromatic heterocycles. The molecule has 0 atom stereocenters. The second-order valence-electron chi connectivity index (χ2n) is 3.77. The Bertz CT molecular complexity index is 684. The molecule has 0 aliphatic carbocycles. The van der Waals surface area contributed by atoms with Crippen molar-refractivity contribution in [3.05, 3.63) is 50.3 Å². The van der Waals surface area contributed by atoms with Crippen LogP contribution in [0.25, 0.3) is 0 Å². The predicted molar refractivity (Wildman–Crippen MR) is 62.6 cm³/mol. The summed E-state index contributed by atoms with van der Waals surface area (Å²) in [6, 6.07) is 4.30. The number of halogens is 3. The highest BCUT2D eigenvalue weighted by molar-refractivity contribution is 5.70. The van der Waals surface area contributed by atoms with Gasteiger partial charge in [-0.2, -0.15) is 13.2 Å². The third-order valence-electron chi connectivity index (χ3n) is 2.53. The Kier molecular flexibility index (Phi) is 3.05. The number of rotatable bonds is 3. The summed E-state index contributed by atoms with van der Waals surface area (Å²) >= 11 is 0. The quantitative estimate of drug-likeness (QED) is 0.868. The highest BCUT2D eigenvalue weighted by atomic mass is 19.4. The largest absolute Gasteiger partial charge is 0.491 e. The van der Waals surface area contributed by atoms with Crippen molar-refractivity contribution in [1.82, 2.24) is 0 Å². The van der Waals surface area contributed by atoms with Crippen LogP contribution in [0.1, 0.15) is 5.56 Å². The Morgan fingerprint density at radius 1 is 1.16 bits per heavy atom. The molecule has 2 rings (SSSR count). The lowest BCUT2D eigenvalue weighted by Crippen LogP contribution is -2.34. The summed E-state index contributed by atoms with van der Waals surface area (Å²) in [5, 5.41) is 2.46. The van der Waals surface area contributed by atoms with Gasteiger partial charge in [-0.3, -0.25) is 9.59 Å². The summed E-state index contributed by atoms with van der Waals surface area (Å²) in [4.78, 5) is 22.3. The minimum atomic E-state index is -4.48. The molecule has 0 bridgehead atoms. The average molecular weight is 271 g/mol. The van der Waals surface area contributed by atoms with E-state index in [2.05, 4.69) is 10.1 Å². The Balaban J connectivity index is 2.32. The highest BCUT2D eigenvalue weighted by Gasteiger charge is 2.30. The predicted octanol–water partition coefficient (Wildman–Crippen LogP) is 2.05. The normalized spacial score (nSPS) is 11.6. The van der Waals surface area contributed by atoms with Crippen LogP contribution in [0.15, 0.2) is 33.9 Å². The summed E-state index contributed by atoms with van der Waals surface area (Å²) in [5.74, 6) is -0.178. The molecule has 0 amide bonds. The van der Waals surface area contributed by atoms with E-state index in [0.29, 0.717) is 0 Å². The molecule has 2 aromatic carbocycles. The average Bonchev–Trinajstić information content (AvgIpc) is 2.37. The first-order chi connectivity index (χ1) is 8.84. The van der Waals surface area contributed by atoms with E-state index in [1.54, 1.807) is 0 Å². The second-order valence-corrected chi connectivity index (χ2v) is 3.77. The summed E-state index contributed by atoms with van der Waals surface area (Å²) in [6.07, 6.45) is -4.48. The van der Waals surface area contributed by atoms with Crippen molar-refractivity contribution in [1.29, 1.82) is 0 Å². The molecule has 0 saturated carbocycles. The van der Waals surface area contributed by atoms with Crippen molar-refractivity contribution in [2.24, 2.45) is 0 Å². The van der Waals surface area contributed by atoms with Gasteiger partial charge in [-0.15, -0.1) is 0 Å². The van der Waals surface area contributed by atoms with Crippen LogP contribution in [-0.2, 0) is 6.18 Å². The molecular weight excluding hydrogens is 263 g/mol. The van der Waals surface area contributed by atoms with Crippen LogP contribution in [0.2, 0.25) is 0 Å². The van der Waals surface area contributed by atoms with E-state index >= 15 is 0 Å². The minimum Gasteiger partial charge on any atom is -0.491 e. The number of nitrogens with one attached hydrogen (secondary N) is 1. The van der Waals surface area contributed by atoms with Crippen molar-refractivity contribution in [3.63, 3.8) is 0 Å². The maximum atomic E-state index is 12.5. The first-order valence-corrected chi connectivity index (χ1v) is 5.16. The van der Waals surface area contributed by atoms with Gasteiger partial charge in [0, 0.05) is 5.69 Å². The number of hydrogen-bond acceptors (Lipinski definition) is 4. The van der Waals surface area contributed by atoms with Gasteiger partial charge in [0.05, 0.1) is 12.7 Å². The number of benzene rings is 1. The van der Waals surface area contributed by atoms with Gasteiger partial charge in [0.15, 0.2) is 5.75 Å². The molecule has 4 nitrogen and oxygen atoms in total. The zero-order valence-electron chi connectivity index (χ0n) is 9.67. The van der Waals surface area contributed by atoms with Crippen LogP contribution in [0, 0.1) is 0 Å². The Labute approximate surface area is 105 Å². The summed E-state index contributed by atoms with van der Waals surface area (Å²) < 4.78 is 42.2. The van der Waals surface area contributed by atoms with Crippen molar-refractivity contribution in [2.75, 3.05) is 12.4 Å². The van der Waals surface area contributed by atoms with E-state index in [4.69, 9.17) is 0 Å². The van der Waals surface area contributed by atoms with Gasteiger partial charge in [-0.05, 0) is 18.2 Å². The van der Waals surface area contributed by atoms with Crippen LogP contribution in [-0.4, -0.2) is 7.11 Å². The van der Waals surface area contributed by atoms with Gasteiger partial charge >= 0.3 is 6.18 Å². The van der Waals surface area contributed by atoms with E-state index in [1.165, 1.54) is 19.2 Å². The Morgan fingerprint density at radius 2 is 1.84 bits per heavy atom. The van der Waals surface area contributed by atoms with E-state index < -0.39 is 22.6 Å². The van der Waals surface area contributed by atoms with E-state index in [1.807, 2.05) is 0 Å². The molecular formula is C12H8F3NO3. The summed E-state index contributed by atoms with van der Waals surface area (Å²) in [5.41, 5.74) is -2.53. The molecule has 100 valence electrons. The molecule has 1 N–H and O–H groups in total. The van der Waals surface area contributed by atoms with Crippen molar-refractivity contribution < 1.29 is 17.9 Å². The molecule has 0 spiro atoms. The Hall–Kier alpha value is -2.31. The fraction of sp³-hybridized carbons (Fsp3) is 0.167. The maximum Gasteiger partial charge on any atom is 0.416 e. The number of anilines is 2. The van der Waals surface area contributed by atoms with Crippen molar-refractivity contribution >= 4 is 11.4 Å². The maximum absolute atomic E-state index is 12.5. The number of alkyl halides is 3. The van der Waals surface area contributed by atoms with Crippen molar-refractivity contribution in [2.45, 2.75) is 6.18 Å². The van der Waals surface area contributed by atoms with Crippen LogP contribution >= 0.6 is 0 Å². The van der Waals surface area contributed by atoms with Crippen LogP contribution in [0.3, 0.4) is 0 Å². The van der Waals surface area contributed by atoms with E-state index in [-0.39, 0.29) is 17.1 Å². The topological polar surface area (TPSA) is 55.4 Å². The molecule has 0 aliphatic heterocycles. The molecule has 2 aromatic rings. The number of hydrogen-bond donors (Lipinski definition) is 1. The van der Waals surface area contributed by atoms with E-state index in [0.717, 1.165) is 12.1 Å². The molecule has 0 fully saturated rings. The van der Waals surface area contributed by atoms with Gasteiger partial charge in [0.1, 0.15) is 5.69 Å². The third kappa shape index (κ3) is 2.31. The van der Waals surface area contributed by atoms with E-state index in [9.17, 15) is 22.8 Å².